The fourth-order valence-electron chi connectivity index (χ4n) is 2.53. The average Bonchev–Trinajstić information content (AvgIpc) is 2.68. The van der Waals surface area contributed by atoms with Gasteiger partial charge in [-0.2, -0.15) is 0 Å². The second kappa shape index (κ2) is 13.0. The van der Waals surface area contributed by atoms with Crippen LogP contribution in [0.25, 0.3) is 0 Å². The number of hydrogen-bond donors (Lipinski definition) is 2. The Morgan fingerprint density at radius 2 is 1.79 bits per heavy atom. The molecule has 0 radical (unpaired) electrons. The van der Waals surface area contributed by atoms with Gasteiger partial charge in [0.25, 0.3) is 5.91 Å². The number of nitrogens with one attached hydrogen (secondary N) is 2. The van der Waals surface area contributed by atoms with Gasteiger partial charge in [-0.1, -0.05) is 42.0 Å². The molecule has 0 unspecified atom stereocenters. The third-order valence-electron chi connectivity index (χ3n) is 4.07. The fraction of sp³-hybridized carbons (Fsp3) is 0.364. The van der Waals surface area contributed by atoms with E-state index in [0.29, 0.717) is 18.8 Å². The van der Waals surface area contributed by atoms with E-state index in [-0.39, 0.29) is 36.5 Å². The molecule has 0 aliphatic heterocycles. The molecule has 7 heteroatoms. The van der Waals surface area contributed by atoms with Crippen molar-refractivity contribution in [3.8, 4) is 5.75 Å². The van der Waals surface area contributed by atoms with Crippen molar-refractivity contribution in [3.63, 3.8) is 0 Å². The van der Waals surface area contributed by atoms with Gasteiger partial charge in [0.05, 0.1) is 6.54 Å². The first-order valence-electron chi connectivity index (χ1n) is 9.47. The smallest absolute Gasteiger partial charge is 0.259 e. The number of carbonyl (C=O) groups is 1. The summed E-state index contributed by atoms with van der Waals surface area (Å²) >= 11 is 0. The Morgan fingerprint density at radius 3 is 2.48 bits per heavy atom. The van der Waals surface area contributed by atoms with Crippen LogP contribution in [0.4, 0.5) is 0 Å². The topological polar surface area (TPSA) is 66.0 Å². The van der Waals surface area contributed by atoms with Gasteiger partial charge in [0.2, 0.25) is 0 Å². The number of halogens is 1. The summed E-state index contributed by atoms with van der Waals surface area (Å²) < 4.78 is 5.58. The number of benzene rings is 2. The first-order valence-corrected chi connectivity index (χ1v) is 9.47. The van der Waals surface area contributed by atoms with E-state index in [2.05, 4.69) is 40.7 Å². The van der Waals surface area contributed by atoms with Crippen molar-refractivity contribution in [3.05, 3.63) is 65.2 Å². The number of rotatable bonds is 8. The van der Waals surface area contributed by atoms with Gasteiger partial charge in [-0.15, -0.1) is 24.0 Å². The zero-order valence-corrected chi connectivity index (χ0v) is 19.9. The molecule has 2 aromatic carbocycles. The molecule has 2 N–H and O–H groups in total. The molecule has 1 amide bonds. The lowest BCUT2D eigenvalue weighted by molar-refractivity contribution is -0.130. The van der Waals surface area contributed by atoms with Gasteiger partial charge in [0, 0.05) is 27.2 Å². The summed E-state index contributed by atoms with van der Waals surface area (Å²) in [4.78, 5) is 17.8. The number of aryl methyl sites for hydroxylation is 1. The summed E-state index contributed by atoms with van der Waals surface area (Å²) in [6, 6.07) is 16.1. The molecular weight excluding hydrogens is 479 g/mol. The van der Waals surface area contributed by atoms with Crippen LogP contribution in [-0.4, -0.2) is 44.0 Å². The van der Waals surface area contributed by atoms with Crippen LogP contribution in [-0.2, 0) is 17.9 Å². The van der Waals surface area contributed by atoms with Gasteiger partial charge >= 0.3 is 0 Å². The molecule has 0 spiro atoms. The maximum absolute atomic E-state index is 11.7. The van der Waals surface area contributed by atoms with Gasteiger partial charge < -0.3 is 20.3 Å². The number of nitrogens with zero attached hydrogens (tertiary/aromatic N) is 2. The molecular formula is C22H31IN4O2. The van der Waals surface area contributed by atoms with Crippen molar-refractivity contribution in [2.45, 2.75) is 26.9 Å². The van der Waals surface area contributed by atoms with Crippen LogP contribution in [0.1, 0.15) is 23.6 Å². The summed E-state index contributed by atoms with van der Waals surface area (Å²) in [6.07, 6.45) is 0. The van der Waals surface area contributed by atoms with Crippen LogP contribution < -0.4 is 15.4 Å². The number of aliphatic imine (C=N–C) groups is 1. The summed E-state index contributed by atoms with van der Waals surface area (Å²) in [5, 5.41) is 6.60. The zero-order valence-electron chi connectivity index (χ0n) is 17.6. The van der Waals surface area contributed by atoms with Crippen molar-refractivity contribution in [1.29, 1.82) is 0 Å². The van der Waals surface area contributed by atoms with E-state index in [4.69, 9.17) is 4.74 Å². The molecule has 2 aromatic rings. The van der Waals surface area contributed by atoms with Crippen molar-refractivity contribution < 1.29 is 9.53 Å². The number of guanidine groups is 1. The molecule has 158 valence electrons. The predicted octanol–water partition coefficient (Wildman–Crippen LogP) is 3.34. The maximum atomic E-state index is 11.7. The molecule has 6 nitrogen and oxygen atoms in total. The average molecular weight is 510 g/mol. The Balaban J connectivity index is 0.00000420. The highest BCUT2D eigenvalue weighted by Crippen LogP contribution is 2.13. The second-order valence-electron chi connectivity index (χ2n) is 6.76. The monoisotopic (exact) mass is 510 g/mol. The van der Waals surface area contributed by atoms with Crippen molar-refractivity contribution >= 4 is 35.8 Å². The number of amides is 1. The summed E-state index contributed by atoms with van der Waals surface area (Å²) in [6.45, 7) is 6.17. The third-order valence-corrected chi connectivity index (χ3v) is 4.07. The Bertz CT molecular complexity index is 809. The lowest BCUT2D eigenvalue weighted by Crippen LogP contribution is -2.36. The number of hydrogen-bond acceptors (Lipinski definition) is 3. The minimum Gasteiger partial charge on any atom is -0.484 e. The van der Waals surface area contributed by atoms with Crippen LogP contribution in [0.3, 0.4) is 0 Å². The summed E-state index contributed by atoms with van der Waals surface area (Å²) in [5.74, 6) is 1.37. The van der Waals surface area contributed by atoms with Gasteiger partial charge in [-0.3, -0.25) is 4.79 Å². The minimum atomic E-state index is -0.0683. The van der Waals surface area contributed by atoms with Crippen LogP contribution in [0.2, 0.25) is 0 Å². The SMILES string of the molecule is CCNC(=NCc1cccc(C)c1)NCc1cccc(OCC(=O)N(C)C)c1.I. The molecule has 0 atom stereocenters. The third kappa shape index (κ3) is 9.17. The number of ether oxygens (including phenoxy) is 1. The highest BCUT2D eigenvalue weighted by molar-refractivity contribution is 14.0. The van der Waals surface area contributed by atoms with Crippen LogP contribution >= 0.6 is 24.0 Å². The highest BCUT2D eigenvalue weighted by atomic mass is 127. The van der Waals surface area contributed by atoms with Crippen LogP contribution in [0.5, 0.6) is 5.75 Å². The van der Waals surface area contributed by atoms with Gasteiger partial charge in [-0.05, 0) is 37.1 Å². The van der Waals surface area contributed by atoms with E-state index in [1.807, 2.05) is 37.3 Å². The summed E-state index contributed by atoms with van der Waals surface area (Å²) in [7, 11) is 3.43. The first-order chi connectivity index (χ1) is 13.5. The van der Waals surface area contributed by atoms with E-state index in [1.54, 1.807) is 14.1 Å². The second-order valence-corrected chi connectivity index (χ2v) is 6.76. The van der Waals surface area contributed by atoms with E-state index in [9.17, 15) is 4.79 Å². The van der Waals surface area contributed by atoms with Gasteiger partial charge in [-0.25, -0.2) is 4.99 Å². The van der Waals surface area contributed by atoms with E-state index < -0.39 is 0 Å². The first kappa shape index (κ1) is 24.7. The lowest BCUT2D eigenvalue weighted by atomic mass is 10.1. The fourth-order valence-corrected chi connectivity index (χ4v) is 2.53. The van der Waals surface area contributed by atoms with Gasteiger partial charge in [0.15, 0.2) is 12.6 Å². The minimum absolute atomic E-state index is 0. The molecule has 0 fully saturated rings. The van der Waals surface area contributed by atoms with Gasteiger partial charge in [0.1, 0.15) is 5.75 Å². The largest absolute Gasteiger partial charge is 0.484 e. The Kier molecular flexibility index (Phi) is 11.1. The van der Waals surface area contributed by atoms with E-state index in [1.165, 1.54) is 16.0 Å². The van der Waals surface area contributed by atoms with Crippen molar-refractivity contribution in [1.82, 2.24) is 15.5 Å². The van der Waals surface area contributed by atoms with Crippen LogP contribution in [0.15, 0.2) is 53.5 Å². The molecule has 0 bridgehead atoms. The predicted molar refractivity (Wildman–Crippen MR) is 129 cm³/mol. The molecule has 0 saturated carbocycles. The molecule has 0 aliphatic rings. The number of likely N-dealkylation sites (N-methyl/N-ethyl adjacent to an activating group) is 1. The molecule has 0 aromatic heterocycles. The van der Waals surface area contributed by atoms with E-state index in [0.717, 1.165) is 18.1 Å². The maximum Gasteiger partial charge on any atom is 0.259 e. The molecule has 0 aliphatic carbocycles. The number of carbonyl (C=O) groups excluding carboxylic acids is 1. The standard InChI is InChI=1S/C22H30N4O2.HI/c1-5-23-22(24-14-18-9-6-8-17(2)12-18)25-15-19-10-7-11-20(13-19)28-16-21(27)26(3)4;/h6-13H,5,14-16H2,1-4H3,(H2,23,24,25);1H. The van der Waals surface area contributed by atoms with Crippen molar-refractivity contribution in [2.75, 3.05) is 27.2 Å². The normalized spacial score (nSPS) is 10.7. The molecule has 2 rings (SSSR count). The molecule has 0 heterocycles. The quantitative estimate of drug-likeness (QED) is 0.325. The van der Waals surface area contributed by atoms with E-state index >= 15 is 0 Å². The molecule has 29 heavy (non-hydrogen) atoms. The van der Waals surface area contributed by atoms with Crippen LogP contribution in [0, 0.1) is 6.92 Å². The highest BCUT2D eigenvalue weighted by Gasteiger charge is 2.06. The molecule has 0 saturated heterocycles. The Labute approximate surface area is 190 Å². The zero-order chi connectivity index (χ0) is 20.4. The lowest BCUT2D eigenvalue weighted by Gasteiger charge is -2.13. The Morgan fingerprint density at radius 1 is 1.07 bits per heavy atom. The Hall–Kier alpha value is -2.29. The van der Waals surface area contributed by atoms with Crippen molar-refractivity contribution in [2.24, 2.45) is 4.99 Å². The summed E-state index contributed by atoms with van der Waals surface area (Å²) in [5.41, 5.74) is 3.46.